The van der Waals surface area contributed by atoms with Crippen molar-refractivity contribution in [1.29, 1.82) is 0 Å². The number of anilines is 1. The molecule has 1 aliphatic rings. The van der Waals surface area contributed by atoms with E-state index in [2.05, 4.69) is 19.2 Å². The molecular formula is C22H28N2O4S. The number of benzene rings is 2. The molecule has 2 unspecified atom stereocenters. The summed E-state index contributed by atoms with van der Waals surface area (Å²) in [6.45, 7) is 7.06. The lowest BCUT2D eigenvalue weighted by molar-refractivity contribution is 0.102. The first-order valence-electron chi connectivity index (χ1n) is 9.77. The summed E-state index contributed by atoms with van der Waals surface area (Å²) in [4.78, 5) is 12.9. The minimum absolute atomic E-state index is 0.141. The topological polar surface area (TPSA) is 75.7 Å². The number of nitrogens with zero attached hydrogens (tertiary/aromatic N) is 1. The lowest BCUT2D eigenvalue weighted by Gasteiger charge is -2.34. The van der Waals surface area contributed by atoms with Gasteiger partial charge in [0.2, 0.25) is 10.0 Å². The molecule has 3 rings (SSSR count). The number of carbonyl (C=O) groups is 1. The molecule has 29 heavy (non-hydrogen) atoms. The number of hydrogen-bond acceptors (Lipinski definition) is 4. The number of sulfonamides is 1. The van der Waals surface area contributed by atoms with Gasteiger partial charge in [0.15, 0.2) is 0 Å². The zero-order valence-electron chi connectivity index (χ0n) is 17.3. The lowest BCUT2D eigenvalue weighted by atomic mass is 9.94. The summed E-state index contributed by atoms with van der Waals surface area (Å²) in [5, 5.41) is 2.82. The second kappa shape index (κ2) is 8.55. The molecule has 1 N–H and O–H groups in total. The van der Waals surface area contributed by atoms with Crippen molar-refractivity contribution < 1.29 is 17.9 Å². The second-order valence-electron chi connectivity index (χ2n) is 7.95. The molecule has 2 aromatic rings. The maximum absolute atomic E-state index is 13.1. The number of amides is 1. The molecule has 2 aromatic carbocycles. The van der Waals surface area contributed by atoms with Gasteiger partial charge in [0.05, 0.1) is 17.7 Å². The Bertz CT molecular complexity index is 994. The summed E-state index contributed by atoms with van der Waals surface area (Å²) < 4.78 is 33.1. The van der Waals surface area contributed by atoms with Crippen molar-refractivity contribution in [3.8, 4) is 5.75 Å². The molecule has 0 radical (unpaired) electrons. The Morgan fingerprint density at radius 3 is 2.45 bits per heavy atom. The Labute approximate surface area is 172 Å². The van der Waals surface area contributed by atoms with Crippen molar-refractivity contribution in [2.75, 3.05) is 25.5 Å². The predicted molar refractivity (Wildman–Crippen MR) is 114 cm³/mol. The largest absolute Gasteiger partial charge is 0.495 e. The van der Waals surface area contributed by atoms with E-state index in [0.717, 1.165) is 12.0 Å². The van der Waals surface area contributed by atoms with E-state index in [1.807, 2.05) is 19.1 Å². The van der Waals surface area contributed by atoms with Gasteiger partial charge in [-0.3, -0.25) is 4.79 Å². The predicted octanol–water partition coefficient (Wildman–Crippen LogP) is 3.92. The Morgan fingerprint density at radius 2 is 1.79 bits per heavy atom. The zero-order chi connectivity index (χ0) is 21.2. The van der Waals surface area contributed by atoms with Crippen LogP contribution in [0.5, 0.6) is 5.75 Å². The molecular weight excluding hydrogens is 388 g/mol. The van der Waals surface area contributed by atoms with Crippen LogP contribution in [0, 0.1) is 18.8 Å². The molecule has 1 amide bonds. The number of nitrogens with one attached hydrogen (secondary N) is 1. The van der Waals surface area contributed by atoms with E-state index >= 15 is 0 Å². The van der Waals surface area contributed by atoms with Gasteiger partial charge in [-0.2, -0.15) is 4.31 Å². The van der Waals surface area contributed by atoms with Crippen LogP contribution in [0.3, 0.4) is 0 Å². The quantitative estimate of drug-likeness (QED) is 0.801. The molecule has 0 bridgehead atoms. The van der Waals surface area contributed by atoms with E-state index in [1.165, 1.54) is 17.5 Å². The van der Waals surface area contributed by atoms with E-state index in [1.54, 1.807) is 24.3 Å². The van der Waals surface area contributed by atoms with Crippen molar-refractivity contribution in [3.05, 3.63) is 53.6 Å². The van der Waals surface area contributed by atoms with Crippen molar-refractivity contribution in [2.24, 2.45) is 11.8 Å². The monoisotopic (exact) mass is 416 g/mol. The van der Waals surface area contributed by atoms with Gasteiger partial charge in [-0.05, 0) is 61.1 Å². The molecule has 0 aliphatic carbocycles. The van der Waals surface area contributed by atoms with Gasteiger partial charge < -0.3 is 10.1 Å². The van der Waals surface area contributed by atoms with Crippen LogP contribution >= 0.6 is 0 Å². The first kappa shape index (κ1) is 21.3. The third-order valence-electron chi connectivity index (χ3n) is 5.17. The molecule has 0 aromatic heterocycles. The summed E-state index contributed by atoms with van der Waals surface area (Å²) in [5.41, 5.74) is 1.81. The molecule has 7 heteroatoms. The first-order chi connectivity index (χ1) is 13.7. The highest BCUT2D eigenvalue weighted by Crippen LogP contribution is 2.28. The molecule has 156 valence electrons. The number of rotatable bonds is 5. The molecule has 1 aliphatic heterocycles. The van der Waals surface area contributed by atoms with Crippen LogP contribution in [0.2, 0.25) is 0 Å². The van der Waals surface area contributed by atoms with Crippen LogP contribution in [-0.2, 0) is 10.0 Å². The molecule has 0 saturated carbocycles. The van der Waals surface area contributed by atoms with Gasteiger partial charge in [0, 0.05) is 18.7 Å². The Morgan fingerprint density at radius 1 is 1.10 bits per heavy atom. The summed E-state index contributed by atoms with van der Waals surface area (Å²) in [6, 6.07) is 11.7. The van der Waals surface area contributed by atoms with Crippen LogP contribution in [-0.4, -0.2) is 38.8 Å². The van der Waals surface area contributed by atoms with E-state index in [-0.39, 0.29) is 16.4 Å². The van der Waals surface area contributed by atoms with E-state index < -0.39 is 10.0 Å². The number of aryl methyl sites for hydroxylation is 1. The van der Waals surface area contributed by atoms with Gasteiger partial charge in [0.1, 0.15) is 5.75 Å². The number of ether oxygens (including phenoxy) is 1. The fourth-order valence-corrected chi connectivity index (χ4v) is 5.59. The SMILES string of the molecule is COc1ccc(C)cc1NC(=O)c1cccc(S(=O)(=O)N2CC(C)CC(C)C2)c1. The van der Waals surface area contributed by atoms with Crippen molar-refractivity contribution >= 4 is 21.6 Å². The van der Waals surface area contributed by atoms with E-state index in [4.69, 9.17) is 4.74 Å². The number of methoxy groups -OCH3 is 1. The minimum Gasteiger partial charge on any atom is -0.495 e. The van der Waals surface area contributed by atoms with Crippen LogP contribution in [0.25, 0.3) is 0 Å². The molecule has 1 saturated heterocycles. The summed E-state index contributed by atoms with van der Waals surface area (Å²) in [5.74, 6) is 0.790. The standard InChI is InChI=1S/C22H28N2O4S/c1-15-8-9-21(28-4)20(11-15)23-22(25)18-6-5-7-19(12-18)29(26,27)24-13-16(2)10-17(3)14-24/h5-9,11-12,16-17H,10,13-14H2,1-4H3,(H,23,25). The van der Waals surface area contributed by atoms with Gasteiger partial charge >= 0.3 is 0 Å². The van der Waals surface area contributed by atoms with Crippen LogP contribution in [0.1, 0.15) is 36.2 Å². The normalized spacial score (nSPS) is 20.3. The van der Waals surface area contributed by atoms with Crippen LogP contribution in [0.15, 0.2) is 47.4 Å². The maximum Gasteiger partial charge on any atom is 0.255 e. The van der Waals surface area contributed by atoms with Crippen molar-refractivity contribution in [3.63, 3.8) is 0 Å². The van der Waals surface area contributed by atoms with E-state index in [9.17, 15) is 13.2 Å². The first-order valence-corrected chi connectivity index (χ1v) is 11.2. The molecule has 1 fully saturated rings. The smallest absolute Gasteiger partial charge is 0.255 e. The Kier molecular flexibility index (Phi) is 6.29. The third-order valence-corrected chi connectivity index (χ3v) is 7.00. The van der Waals surface area contributed by atoms with Crippen LogP contribution in [0.4, 0.5) is 5.69 Å². The summed E-state index contributed by atoms with van der Waals surface area (Å²) in [6.07, 6.45) is 1.02. The molecule has 2 atom stereocenters. The third kappa shape index (κ3) is 4.79. The van der Waals surface area contributed by atoms with Crippen molar-refractivity contribution in [2.45, 2.75) is 32.1 Å². The number of hydrogen-bond donors (Lipinski definition) is 1. The lowest BCUT2D eigenvalue weighted by Crippen LogP contribution is -2.42. The van der Waals surface area contributed by atoms with E-state index in [0.29, 0.717) is 36.4 Å². The highest BCUT2D eigenvalue weighted by molar-refractivity contribution is 7.89. The maximum atomic E-state index is 13.1. The summed E-state index contributed by atoms with van der Waals surface area (Å²) >= 11 is 0. The second-order valence-corrected chi connectivity index (χ2v) is 9.89. The van der Waals surface area contributed by atoms with Gasteiger partial charge in [0.25, 0.3) is 5.91 Å². The van der Waals surface area contributed by atoms with Gasteiger partial charge in [-0.1, -0.05) is 26.0 Å². The average Bonchev–Trinajstić information content (AvgIpc) is 2.67. The highest BCUT2D eigenvalue weighted by atomic mass is 32.2. The average molecular weight is 417 g/mol. The molecule has 1 heterocycles. The Balaban J connectivity index is 1.86. The highest BCUT2D eigenvalue weighted by Gasteiger charge is 2.32. The fourth-order valence-electron chi connectivity index (χ4n) is 3.86. The number of carbonyl (C=O) groups excluding carboxylic acids is 1. The van der Waals surface area contributed by atoms with Gasteiger partial charge in [-0.15, -0.1) is 0 Å². The summed E-state index contributed by atoms with van der Waals surface area (Å²) in [7, 11) is -2.11. The fraction of sp³-hybridized carbons (Fsp3) is 0.409. The zero-order valence-corrected chi connectivity index (χ0v) is 18.1. The molecule has 6 nitrogen and oxygen atoms in total. The Hall–Kier alpha value is -2.38. The van der Waals surface area contributed by atoms with Gasteiger partial charge in [-0.25, -0.2) is 8.42 Å². The van der Waals surface area contributed by atoms with Crippen molar-refractivity contribution in [1.82, 2.24) is 4.31 Å². The number of piperidine rings is 1. The van der Waals surface area contributed by atoms with Crippen LogP contribution < -0.4 is 10.1 Å². The molecule has 0 spiro atoms. The minimum atomic E-state index is -3.65.